The maximum atomic E-state index is 14.7. The maximum absolute atomic E-state index is 14.7. The van der Waals surface area contributed by atoms with Gasteiger partial charge < -0.3 is 30.2 Å². The number of H-pyrrole nitrogens is 1. The first kappa shape index (κ1) is 29.7. The van der Waals surface area contributed by atoms with E-state index in [0.29, 0.717) is 40.9 Å². The minimum atomic E-state index is -0.874. The second-order valence-corrected chi connectivity index (χ2v) is 12.7. The van der Waals surface area contributed by atoms with Gasteiger partial charge in [-0.2, -0.15) is 0 Å². The minimum absolute atomic E-state index is 0.0266. The van der Waals surface area contributed by atoms with Crippen LogP contribution in [0.15, 0.2) is 53.5 Å². The number of nitrogens with one attached hydrogen (secondary N) is 2. The molecular formula is C32H38FN5O4S. The number of piperidine rings is 1. The van der Waals surface area contributed by atoms with E-state index in [1.165, 1.54) is 11.6 Å². The Labute approximate surface area is 254 Å². The van der Waals surface area contributed by atoms with E-state index in [0.717, 1.165) is 68.3 Å². The molecule has 43 heavy (non-hydrogen) atoms. The molecule has 4 N–H and O–H groups in total. The van der Waals surface area contributed by atoms with Crippen LogP contribution in [0.5, 0.6) is 5.75 Å². The molecule has 2 aromatic heterocycles. The minimum Gasteiger partial charge on any atom is -0.506 e. The Kier molecular flexibility index (Phi) is 8.78. The van der Waals surface area contributed by atoms with Gasteiger partial charge in [-0.15, -0.1) is 0 Å². The molecule has 0 unspecified atom stereocenters. The molecule has 0 aliphatic carbocycles. The summed E-state index contributed by atoms with van der Waals surface area (Å²) in [5.41, 5.74) is 3.67. The molecule has 2 fully saturated rings. The summed E-state index contributed by atoms with van der Waals surface area (Å²) in [6.07, 6.45) is 3.37. The van der Waals surface area contributed by atoms with Crippen LogP contribution in [0.25, 0.3) is 10.2 Å². The zero-order chi connectivity index (χ0) is 30.0. The number of nitrogens with zero attached hydrogens (tertiary/aromatic N) is 3. The van der Waals surface area contributed by atoms with Crippen molar-refractivity contribution in [3.05, 3.63) is 86.4 Å². The van der Waals surface area contributed by atoms with Crippen molar-refractivity contribution in [3.8, 4) is 5.75 Å². The molecule has 2 aromatic carbocycles. The summed E-state index contributed by atoms with van der Waals surface area (Å²) in [6, 6.07) is 12.6. The van der Waals surface area contributed by atoms with Crippen molar-refractivity contribution in [1.29, 1.82) is 0 Å². The molecule has 6 rings (SSSR count). The molecule has 1 atom stereocenters. The molecule has 2 aliphatic heterocycles. The summed E-state index contributed by atoms with van der Waals surface area (Å²) < 4.78 is 21.6. The number of phenolic OH excluding ortho intramolecular Hbond substituents is 1. The third kappa shape index (κ3) is 6.76. The number of fused-ring (bicyclic) bond motifs is 1. The monoisotopic (exact) mass is 607 g/mol. The fourth-order valence-corrected chi connectivity index (χ4v) is 7.12. The van der Waals surface area contributed by atoms with E-state index in [-0.39, 0.29) is 28.6 Å². The van der Waals surface area contributed by atoms with Gasteiger partial charge in [-0.3, -0.25) is 9.69 Å². The summed E-state index contributed by atoms with van der Waals surface area (Å²) in [6.45, 7) is 7.81. The summed E-state index contributed by atoms with van der Waals surface area (Å²) in [4.78, 5) is 23.4. The number of hydrogen-bond donors (Lipinski definition) is 4. The summed E-state index contributed by atoms with van der Waals surface area (Å²) in [7, 11) is 0. The van der Waals surface area contributed by atoms with Gasteiger partial charge in [0.1, 0.15) is 22.9 Å². The smallest absolute Gasteiger partial charge is 0.305 e. The lowest BCUT2D eigenvalue weighted by Crippen LogP contribution is -2.57. The first-order valence-corrected chi connectivity index (χ1v) is 15.6. The maximum Gasteiger partial charge on any atom is 0.305 e. The average molecular weight is 608 g/mol. The summed E-state index contributed by atoms with van der Waals surface area (Å²) in [5, 5.41) is 23.9. The molecule has 228 valence electrons. The van der Waals surface area contributed by atoms with Crippen molar-refractivity contribution in [3.63, 3.8) is 0 Å². The van der Waals surface area contributed by atoms with E-state index in [2.05, 4.69) is 38.1 Å². The van der Waals surface area contributed by atoms with Gasteiger partial charge in [0.05, 0.1) is 23.0 Å². The Bertz CT molecular complexity index is 1630. The van der Waals surface area contributed by atoms with Crippen LogP contribution in [0.3, 0.4) is 0 Å². The normalized spacial score (nSPS) is 18.0. The van der Waals surface area contributed by atoms with Gasteiger partial charge >= 0.3 is 4.87 Å². The van der Waals surface area contributed by atoms with E-state index < -0.39 is 6.10 Å². The average Bonchev–Trinajstić information content (AvgIpc) is 3.40. The van der Waals surface area contributed by atoms with Gasteiger partial charge in [-0.25, -0.2) is 9.37 Å². The molecule has 0 bridgehead atoms. The van der Waals surface area contributed by atoms with Crippen LogP contribution in [-0.2, 0) is 17.7 Å². The number of pyridine rings is 1. The lowest BCUT2D eigenvalue weighted by Gasteiger charge is -2.47. The van der Waals surface area contributed by atoms with Crippen molar-refractivity contribution in [2.24, 2.45) is 0 Å². The summed E-state index contributed by atoms with van der Waals surface area (Å²) in [5.74, 6) is 0.757. The quantitative estimate of drug-likeness (QED) is 0.212. The number of likely N-dealkylation sites (tertiary alicyclic amines) is 1. The van der Waals surface area contributed by atoms with Crippen molar-refractivity contribution in [2.75, 3.05) is 50.8 Å². The molecule has 0 radical (unpaired) electrons. The summed E-state index contributed by atoms with van der Waals surface area (Å²) >= 11 is 0.957. The second kappa shape index (κ2) is 12.7. The number of anilines is 1. The number of aryl methyl sites for hydroxylation is 1. The number of hydrogen-bond acceptors (Lipinski definition) is 9. The largest absolute Gasteiger partial charge is 0.506 e. The number of halogens is 1. The highest BCUT2D eigenvalue weighted by Gasteiger charge is 2.40. The van der Waals surface area contributed by atoms with Crippen molar-refractivity contribution in [1.82, 2.24) is 20.2 Å². The molecule has 0 saturated carbocycles. The van der Waals surface area contributed by atoms with Crippen LogP contribution in [0.4, 0.5) is 10.2 Å². The number of aromatic amines is 1. The third-order valence-corrected chi connectivity index (χ3v) is 9.54. The van der Waals surface area contributed by atoms with Gasteiger partial charge in [0.15, 0.2) is 0 Å². The number of thiazole rings is 1. The molecule has 2 saturated heterocycles. The number of benzene rings is 2. The van der Waals surface area contributed by atoms with Gasteiger partial charge in [-0.1, -0.05) is 29.5 Å². The van der Waals surface area contributed by atoms with E-state index in [1.54, 1.807) is 12.1 Å². The molecule has 2 aliphatic rings. The predicted molar refractivity (Wildman–Crippen MR) is 166 cm³/mol. The first-order chi connectivity index (χ1) is 20.8. The van der Waals surface area contributed by atoms with Crippen LogP contribution < -0.4 is 15.1 Å². The van der Waals surface area contributed by atoms with E-state index in [4.69, 9.17) is 4.74 Å². The Morgan fingerprint density at radius 2 is 2.02 bits per heavy atom. The van der Waals surface area contributed by atoms with Gasteiger partial charge in [0, 0.05) is 51.0 Å². The van der Waals surface area contributed by atoms with Crippen LogP contribution >= 0.6 is 11.3 Å². The molecule has 4 heterocycles. The van der Waals surface area contributed by atoms with Gasteiger partial charge in [-0.05, 0) is 73.7 Å². The van der Waals surface area contributed by atoms with Gasteiger partial charge in [0.25, 0.3) is 0 Å². The Morgan fingerprint density at radius 1 is 1.19 bits per heavy atom. The zero-order valence-corrected chi connectivity index (χ0v) is 25.1. The van der Waals surface area contributed by atoms with Crippen molar-refractivity contribution >= 4 is 27.4 Å². The third-order valence-electron chi connectivity index (χ3n) is 8.61. The van der Waals surface area contributed by atoms with E-state index >= 15 is 0 Å². The lowest BCUT2D eigenvalue weighted by molar-refractivity contribution is -0.0922. The highest BCUT2D eigenvalue weighted by molar-refractivity contribution is 7.16. The Morgan fingerprint density at radius 3 is 2.84 bits per heavy atom. The highest BCUT2D eigenvalue weighted by Crippen LogP contribution is 2.33. The van der Waals surface area contributed by atoms with Crippen LogP contribution in [0.2, 0.25) is 0 Å². The molecule has 4 aromatic rings. The molecule has 0 amide bonds. The van der Waals surface area contributed by atoms with Gasteiger partial charge in [0.2, 0.25) is 0 Å². The molecular weight excluding hydrogens is 569 g/mol. The van der Waals surface area contributed by atoms with Crippen molar-refractivity contribution in [2.45, 2.75) is 44.4 Å². The van der Waals surface area contributed by atoms with E-state index in [9.17, 15) is 19.4 Å². The van der Waals surface area contributed by atoms with E-state index in [1.807, 2.05) is 24.4 Å². The molecule has 11 heteroatoms. The number of aliphatic hydroxyl groups excluding tert-OH is 1. The fourth-order valence-electron chi connectivity index (χ4n) is 6.20. The lowest BCUT2D eigenvalue weighted by atomic mass is 9.89. The number of rotatable bonds is 9. The Balaban J connectivity index is 0.998. The number of aromatic hydroxyl groups is 1. The van der Waals surface area contributed by atoms with Crippen molar-refractivity contribution < 1.29 is 19.3 Å². The number of phenols is 1. The second-order valence-electron chi connectivity index (χ2n) is 11.7. The van der Waals surface area contributed by atoms with Crippen LogP contribution in [0, 0.1) is 12.7 Å². The molecule has 1 spiro atoms. The van der Waals surface area contributed by atoms with Crippen LogP contribution in [-0.4, -0.2) is 76.6 Å². The molecule has 9 nitrogen and oxygen atoms in total. The number of ether oxygens (including phenoxy) is 1. The first-order valence-electron chi connectivity index (χ1n) is 14.8. The highest BCUT2D eigenvalue weighted by atomic mass is 32.1. The number of aromatic nitrogens is 2. The zero-order valence-electron chi connectivity index (χ0n) is 24.3. The number of morpholine rings is 1. The topological polar surface area (TPSA) is 114 Å². The predicted octanol–water partition coefficient (Wildman–Crippen LogP) is 3.87. The Hall–Kier alpha value is -3.35. The fraction of sp³-hybridized carbons (Fsp3) is 0.438. The SMILES string of the molecule is Cc1ccnc(N2CCOC3(CCN(Cc4ccc(F)c(CCNC[C@H](O)c5ccc(O)c6[nH]c(=O)sc56)c4)CC3)C2)c1. The number of aliphatic hydroxyl groups is 1. The van der Waals surface area contributed by atoms with Crippen LogP contribution in [0.1, 0.15) is 41.2 Å². The standard InChI is InChI=1S/C32H38FN5O4S/c1-21-6-11-35-28(16-21)38-14-15-42-32(20-38)8-12-37(13-9-32)19-22-2-4-25(33)23(17-22)7-10-34-18-27(40)24-3-5-26(39)29-30(24)43-31(41)36-29/h2-6,11,16-17,27,34,39-40H,7-10,12-15,18-20H2,1H3,(H,36,41)/t27-/m0/s1.